The highest BCUT2D eigenvalue weighted by Gasteiger charge is 2.54. The second kappa shape index (κ2) is 27.0. The van der Waals surface area contributed by atoms with Crippen molar-refractivity contribution < 1.29 is 37.3 Å². The number of halogens is 4. The molecule has 23 heteroatoms. The summed E-state index contributed by atoms with van der Waals surface area (Å²) in [6.07, 6.45) is 14.1. The Labute approximate surface area is 500 Å². The number of ketones is 2. The number of ether oxygens (including phenoxy) is 4. The average molecular weight is 1210 g/mol. The number of benzene rings is 2. The molecule has 1 saturated carbocycles. The first-order chi connectivity index (χ1) is 41.9. The molecule has 10 aromatic rings. The van der Waals surface area contributed by atoms with Crippen LogP contribution in [-0.4, -0.2) is 130 Å². The number of aromatic nitrogens is 8. The van der Waals surface area contributed by atoms with Crippen molar-refractivity contribution in [1.82, 2.24) is 39.9 Å². The predicted molar refractivity (Wildman–Crippen MR) is 325 cm³/mol. The number of hydrogen-bond donors (Lipinski definition) is 2. The topological polar surface area (TPSA) is 224 Å². The zero-order valence-electron chi connectivity index (χ0n) is 46.4. The molecule has 0 amide bonds. The van der Waals surface area contributed by atoms with Crippen LogP contribution in [0.5, 0.6) is 11.5 Å². The Morgan fingerprint density at radius 3 is 1.56 bits per heavy atom. The van der Waals surface area contributed by atoms with Gasteiger partial charge in [0.15, 0.2) is 34.0 Å². The van der Waals surface area contributed by atoms with E-state index in [0.717, 1.165) is 99.6 Å². The van der Waals surface area contributed by atoms with Crippen LogP contribution in [0.1, 0.15) is 24.0 Å². The fraction of sp³-hybridized carbons (Fsp3) is 0.270. The highest BCUT2D eigenvalue weighted by atomic mass is 35.5. The minimum absolute atomic E-state index is 0.000206. The van der Waals surface area contributed by atoms with Crippen LogP contribution in [0.15, 0.2) is 150 Å². The Bertz CT molecular complexity index is 4200. The molecule has 0 radical (unpaired) electrons. The summed E-state index contributed by atoms with van der Waals surface area (Å²) in [6, 6.07) is 23.9. The molecule has 19 nitrogen and oxygen atoms in total. The van der Waals surface area contributed by atoms with Gasteiger partial charge in [0, 0.05) is 137 Å². The average Bonchev–Trinajstić information content (AvgIpc) is 2.90. The van der Waals surface area contributed by atoms with Gasteiger partial charge >= 0.3 is 0 Å². The summed E-state index contributed by atoms with van der Waals surface area (Å²) in [5.74, 6) is 1.65. The highest BCUT2D eigenvalue weighted by molar-refractivity contribution is 6.35. The molecule has 2 N–H and O–H groups in total. The van der Waals surface area contributed by atoms with E-state index >= 15 is 4.39 Å². The van der Waals surface area contributed by atoms with Crippen molar-refractivity contribution in [3.63, 3.8) is 0 Å². The van der Waals surface area contributed by atoms with E-state index in [0.29, 0.717) is 80.3 Å². The van der Waals surface area contributed by atoms with Gasteiger partial charge in [0.05, 0.1) is 88.3 Å². The molecule has 14 rings (SSSR count). The quantitative estimate of drug-likeness (QED) is 0.0908. The first-order valence-corrected chi connectivity index (χ1v) is 28.6. The molecular weight excluding hydrogens is 1150 g/mol. The standard InChI is InChI=1S/C31H27F2N3O4.C12H12ClN3O.C12H13N3O2.C8H5ClN2O/c32-22-4-1-20(2-5-22)16-28(37)31(8-9-31)29(38)17-21-3-6-27(24(33)15-21)40-26-7-10-34-25-18-30(35-19-23(25)26)36-11-13-39-14-12-36;13-10-1-2-14-11-7-12(15-8-9(10)11)16-3-5-17-6-4-16;16-11-1-2-13-10-7-12(14-8-9(10)11)15-3-5-17-6-4-15;9-8-3-6-5(4-11-8)7(12)1-2-10-6/h1-7,10,15,18-19H,8-9,11-14,16-17H2;1-2,7-8H,3-6H2;1-2,7-8H,3-6H2,(H,13,16);1-4H,(H,10,12). The summed E-state index contributed by atoms with van der Waals surface area (Å²) in [5, 5.41) is 3.80. The fourth-order valence-electron chi connectivity index (χ4n) is 10.1. The van der Waals surface area contributed by atoms with E-state index in [1.165, 1.54) is 42.6 Å². The molecule has 4 fully saturated rings. The number of anilines is 3. The third-order valence-corrected chi connectivity index (χ3v) is 15.6. The number of carbonyl (C=O) groups excluding carboxylic acids is 2. The first-order valence-electron chi connectivity index (χ1n) is 27.9. The van der Waals surface area contributed by atoms with Gasteiger partial charge in [-0.15, -0.1) is 0 Å². The third-order valence-electron chi connectivity index (χ3n) is 15.1. The minimum atomic E-state index is -1.04. The smallest absolute Gasteiger partial charge is 0.190 e. The van der Waals surface area contributed by atoms with Crippen molar-refractivity contribution in [2.45, 2.75) is 25.7 Å². The van der Waals surface area contributed by atoms with Crippen LogP contribution in [0.2, 0.25) is 10.2 Å². The number of carbonyl (C=O) groups is 2. The highest BCUT2D eigenvalue weighted by Crippen LogP contribution is 2.49. The third kappa shape index (κ3) is 14.1. The zero-order valence-corrected chi connectivity index (χ0v) is 47.9. The number of hydrogen-bond acceptors (Lipinski definition) is 17. The predicted octanol–water partition coefficient (Wildman–Crippen LogP) is 9.70. The maximum Gasteiger partial charge on any atom is 0.190 e. The molecule has 0 spiro atoms. The number of rotatable bonds is 11. The lowest BCUT2D eigenvalue weighted by Crippen LogP contribution is -2.36. The van der Waals surface area contributed by atoms with Crippen molar-refractivity contribution in [3.8, 4) is 11.5 Å². The van der Waals surface area contributed by atoms with Crippen LogP contribution in [0.4, 0.5) is 26.2 Å². The summed E-state index contributed by atoms with van der Waals surface area (Å²) in [4.78, 5) is 87.1. The van der Waals surface area contributed by atoms with Crippen molar-refractivity contribution in [2.75, 3.05) is 93.6 Å². The van der Waals surface area contributed by atoms with E-state index in [-0.39, 0.29) is 46.8 Å². The Balaban J connectivity index is 0.000000136. The molecule has 8 aromatic heterocycles. The van der Waals surface area contributed by atoms with Crippen LogP contribution in [0.3, 0.4) is 0 Å². The molecule has 2 aromatic carbocycles. The van der Waals surface area contributed by atoms with E-state index in [9.17, 15) is 23.6 Å². The molecule has 0 atom stereocenters. The Kier molecular flexibility index (Phi) is 18.5. The number of H-pyrrole nitrogens is 2. The van der Waals surface area contributed by atoms with Crippen LogP contribution >= 0.6 is 23.2 Å². The molecular formula is C63H57Cl2F2N11O8. The molecule has 0 bridgehead atoms. The summed E-state index contributed by atoms with van der Waals surface area (Å²) >= 11 is 11.7. The van der Waals surface area contributed by atoms with Gasteiger partial charge in [0.25, 0.3) is 0 Å². The van der Waals surface area contributed by atoms with E-state index < -0.39 is 11.2 Å². The van der Waals surface area contributed by atoms with Gasteiger partial charge in [-0.1, -0.05) is 41.4 Å². The number of fused-ring (bicyclic) bond motifs is 4. The molecule has 3 saturated heterocycles. The minimum Gasteiger partial charge on any atom is -0.453 e. The molecule has 0 unspecified atom stereocenters. The molecule has 440 valence electrons. The maximum absolute atomic E-state index is 15.1. The van der Waals surface area contributed by atoms with Gasteiger partial charge in [0.1, 0.15) is 34.2 Å². The second-order valence-electron chi connectivity index (χ2n) is 20.6. The fourth-order valence-corrected chi connectivity index (χ4v) is 10.5. The number of nitrogens with zero attached hydrogens (tertiary/aromatic N) is 9. The van der Waals surface area contributed by atoms with Gasteiger partial charge < -0.3 is 43.6 Å². The second-order valence-corrected chi connectivity index (χ2v) is 21.4. The van der Waals surface area contributed by atoms with Gasteiger partial charge in [0.2, 0.25) is 0 Å². The number of Topliss-reactive ketones (excluding diaryl/α,β-unsaturated/α-hetero) is 2. The number of aromatic amines is 2. The summed E-state index contributed by atoms with van der Waals surface area (Å²) in [6.45, 7) is 9.18. The number of nitrogens with one attached hydrogen (secondary N) is 2. The van der Waals surface area contributed by atoms with E-state index in [4.69, 9.17) is 42.1 Å². The van der Waals surface area contributed by atoms with E-state index in [2.05, 4.69) is 54.6 Å². The van der Waals surface area contributed by atoms with E-state index in [1.807, 2.05) is 18.2 Å². The lowest BCUT2D eigenvalue weighted by atomic mass is 9.88. The lowest BCUT2D eigenvalue weighted by molar-refractivity contribution is -0.133. The number of morpholine rings is 3. The number of pyridine rings is 8. The Morgan fingerprint density at radius 1 is 0.523 bits per heavy atom. The van der Waals surface area contributed by atoms with Crippen molar-refractivity contribution in [1.29, 1.82) is 0 Å². The largest absolute Gasteiger partial charge is 0.453 e. The Morgan fingerprint density at radius 2 is 1.00 bits per heavy atom. The van der Waals surface area contributed by atoms with Gasteiger partial charge in [-0.3, -0.25) is 29.1 Å². The summed E-state index contributed by atoms with van der Waals surface area (Å²) in [7, 11) is 0. The monoisotopic (exact) mass is 1200 g/mol. The lowest BCUT2D eigenvalue weighted by Gasteiger charge is -2.27. The molecule has 4 aliphatic rings. The van der Waals surface area contributed by atoms with Gasteiger partial charge in [-0.05, 0) is 66.4 Å². The molecule has 1 aliphatic carbocycles. The van der Waals surface area contributed by atoms with Gasteiger partial charge in [-0.25, -0.2) is 28.7 Å². The maximum atomic E-state index is 15.1. The summed E-state index contributed by atoms with van der Waals surface area (Å²) < 4.78 is 50.2. The van der Waals surface area contributed by atoms with Crippen LogP contribution in [0, 0.1) is 17.0 Å². The Hall–Kier alpha value is -8.86. The SMILES string of the molecule is Clc1ccnc2cc(N3CCOCC3)ncc12.O=C(Cc1ccc(F)cc1)C1(C(=O)Cc2ccc(Oc3ccnc4cc(N5CCOCC5)ncc34)c(F)c2)CC1.O=c1cc[nH]c2cc(Cl)ncc12.O=c1cc[nH]c2cc(N3CCOCC3)ncc12. The van der Waals surface area contributed by atoms with Crippen LogP contribution < -0.4 is 30.3 Å². The van der Waals surface area contributed by atoms with Crippen molar-refractivity contribution in [2.24, 2.45) is 5.41 Å². The summed E-state index contributed by atoms with van der Waals surface area (Å²) in [5.41, 5.74) is 3.14. The normalized spacial score (nSPS) is 15.4. The van der Waals surface area contributed by atoms with Crippen molar-refractivity contribution >= 4 is 95.8 Å². The van der Waals surface area contributed by atoms with Crippen LogP contribution in [0.25, 0.3) is 43.6 Å². The first kappa shape index (κ1) is 58.9. The van der Waals surface area contributed by atoms with E-state index in [1.54, 1.807) is 79.8 Å². The van der Waals surface area contributed by atoms with Gasteiger partial charge in [-0.2, -0.15) is 0 Å². The van der Waals surface area contributed by atoms with Crippen LogP contribution in [-0.2, 0) is 36.6 Å². The molecule has 11 heterocycles. The molecule has 3 aliphatic heterocycles. The van der Waals surface area contributed by atoms with Crippen molar-refractivity contribution in [3.05, 3.63) is 194 Å². The molecule has 86 heavy (non-hydrogen) atoms. The zero-order chi connectivity index (χ0) is 59.6.